The summed E-state index contributed by atoms with van der Waals surface area (Å²) in [6.45, 7) is 4.44. The van der Waals surface area contributed by atoms with Crippen LogP contribution in [0, 0.1) is 5.92 Å². The second-order valence-electron chi connectivity index (χ2n) is 4.81. The summed E-state index contributed by atoms with van der Waals surface area (Å²) in [4.78, 5) is 11.3. The molecule has 18 heavy (non-hydrogen) atoms. The molecule has 1 aromatic rings. The van der Waals surface area contributed by atoms with Gasteiger partial charge in [-0.1, -0.05) is 26.3 Å². The molecule has 1 amide bonds. The summed E-state index contributed by atoms with van der Waals surface area (Å²) < 4.78 is 5.32. The molecule has 0 bridgehead atoms. The van der Waals surface area contributed by atoms with E-state index in [0.717, 1.165) is 24.1 Å². The summed E-state index contributed by atoms with van der Waals surface area (Å²) in [6.07, 6.45) is 2.06. The Kier molecular flexibility index (Phi) is 4.12. The standard InChI is InChI=1S/C14H18ClNO2/c1-3-9(2)6-11(15)10-4-5-13-12(7-10)16-14(17)8-18-13/h4-5,7,9,11H,3,6,8H2,1-2H3,(H,16,17). The molecular formula is C14H18ClNO2. The number of ether oxygens (including phenoxy) is 1. The van der Waals surface area contributed by atoms with Crippen molar-refractivity contribution in [2.45, 2.75) is 32.1 Å². The van der Waals surface area contributed by atoms with Crippen molar-refractivity contribution in [3.05, 3.63) is 23.8 Å². The van der Waals surface area contributed by atoms with Crippen molar-refractivity contribution in [2.24, 2.45) is 5.92 Å². The van der Waals surface area contributed by atoms with E-state index in [4.69, 9.17) is 16.3 Å². The van der Waals surface area contributed by atoms with E-state index in [9.17, 15) is 4.79 Å². The van der Waals surface area contributed by atoms with Crippen LogP contribution in [0.25, 0.3) is 0 Å². The van der Waals surface area contributed by atoms with Crippen molar-refractivity contribution in [3.63, 3.8) is 0 Å². The third kappa shape index (κ3) is 2.96. The summed E-state index contributed by atoms with van der Waals surface area (Å²) in [5, 5.41) is 2.78. The van der Waals surface area contributed by atoms with Crippen molar-refractivity contribution in [3.8, 4) is 5.75 Å². The highest BCUT2D eigenvalue weighted by Crippen LogP contribution is 2.35. The minimum atomic E-state index is -0.118. The fourth-order valence-electron chi connectivity index (χ4n) is 1.95. The second kappa shape index (κ2) is 5.61. The van der Waals surface area contributed by atoms with Gasteiger partial charge in [0.05, 0.1) is 11.1 Å². The van der Waals surface area contributed by atoms with Crippen molar-refractivity contribution in [1.82, 2.24) is 0 Å². The molecule has 0 radical (unpaired) electrons. The van der Waals surface area contributed by atoms with Gasteiger partial charge in [-0.15, -0.1) is 11.6 Å². The number of hydrogen-bond donors (Lipinski definition) is 1. The van der Waals surface area contributed by atoms with Gasteiger partial charge in [0, 0.05) is 0 Å². The van der Waals surface area contributed by atoms with E-state index in [2.05, 4.69) is 19.2 Å². The topological polar surface area (TPSA) is 38.3 Å². The molecule has 1 aromatic carbocycles. The van der Waals surface area contributed by atoms with Crippen molar-refractivity contribution >= 4 is 23.2 Å². The maximum Gasteiger partial charge on any atom is 0.262 e. The van der Waals surface area contributed by atoms with Gasteiger partial charge >= 0.3 is 0 Å². The fourth-order valence-corrected chi connectivity index (χ4v) is 2.39. The number of halogens is 1. The van der Waals surface area contributed by atoms with Gasteiger partial charge in [-0.3, -0.25) is 4.79 Å². The Morgan fingerprint density at radius 1 is 1.50 bits per heavy atom. The van der Waals surface area contributed by atoms with E-state index >= 15 is 0 Å². The molecule has 0 fully saturated rings. The summed E-state index contributed by atoms with van der Waals surface area (Å²) in [5.41, 5.74) is 1.75. The number of fused-ring (bicyclic) bond motifs is 1. The number of alkyl halides is 1. The van der Waals surface area contributed by atoms with Gasteiger partial charge < -0.3 is 10.1 Å². The Hall–Kier alpha value is -1.22. The molecule has 2 unspecified atom stereocenters. The number of nitrogens with one attached hydrogen (secondary N) is 1. The van der Waals surface area contributed by atoms with Crippen LogP contribution in [0.5, 0.6) is 5.75 Å². The predicted octanol–water partition coefficient (Wildman–Crippen LogP) is 3.73. The van der Waals surface area contributed by atoms with Crippen LogP contribution in [-0.4, -0.2) is 12.5 Å². The minimum Gasteiger partial charge on any atom is -0.482 e. The van der Waals surface area contributed by atoms with Crippen molar-refractivity contribution in [2.75, 3.05) is 11.9 Å². The third-order valence-corrected chi connectivity index (χ3v) is 3.73. The molecule has 3 nitrogen and oxygen atoms in total. The van der Waals surface area contributed by atoms with Crippen LogP contribution in [0.15, 0.2) is 18.2 Å². The number of hydrogen-bond acceptors (Lipinski definition) is 2. The maximum absolute atomic E-state index is 11.3. The Bertz CT molecular complexity index is 447. The SMILES string of the molecule is CCC(C)CC(Cl)c1ccc2c(c1)NC(=O)CO2. The van der Waals surface area contributed by atoms with Gasteiger partial charge in [0.25, 0.3) is 5.91 Å². The molecular weight excluding hydrogens is 250 g/mol. The highest BCUT2D eigenvalue weighted by Gasteiger charge is 2.18. The number of benzene rings is 1. The lowest BCUT2D eigenvalue weighted by molar-refractivity contribution is -0.118. The zero-order valence-corrected chi connectivity index (χ0v) is 11.5. The number of rotatable bonds is 4. The molecule has 0 aliphatic carbocycles. The normalized spacial score (nSPS) is 17.4. The molecule has 98 valence electrons. The van der Waals surface area contributed by atoms with E-state index in [0.29, 0.717) is 11.7 Å². The summed E-state index contributed by atoms with van der Waals surface area (Å²) in [5.74, 6) is 1.19. The first-order valence-corrected chi connectivity index (χ1v) is 6.74. The van der Waals surface area contributed by atoms with E-state index in [1.807, 2.05) is 18.2 Å². The molecule has 1 N–H and O–H groups in total. The molecule has 2 rings (SSSR count). The number of anilines is 1. The summed E-state index contributed by atoms with van der Waals surface area (Å²) in [7, 11) is 0. The van der Waals surface area contributed by atoms with Crippen LogP contribution in [0.3, 0.4) is 0 Å². The second-order valence-corrected chi connectivity index (χ2v) is 5.34. The van der Waals surface area contributed by atoms with Gasteiger partial charge in [-0.25, -0.2) is 0 Å². The average Bonchev–Trinajstić information content (AvgIpc) is 2.37. The van der Waals surface area contributed by atoms with E-state index in [-0.39, 0.29) is 17.9 Å². The fraction of sp³-hybridized carbons (Fsp3) is 0.500. The first kappa shape index (κ1) is 13.2. The number of amides is 1. The predicted molar refractivity (Wildman–Crippen MR) is 73.2 cm³/mol. The van der Waals surface area contributed by atoms with Crippen LogP contribution < -0.4 is 10.1 Å². The van der Waals surface area contributed by atoms with Crippen LogP contribution in [0.2, 0.25) is 0 Å². The Labute approximate surface area is 112 Å². The smallest absolute Gasteiger partial charge is 0.262 e. The van der Waals surface area contributed by atoms with Crippen LogP contribution >= 0.6 is 11.6 Å². The Morgan fingerprint density at radius 2 is 2.28 bits per heavy atom. The first-order valence-electron chi connectivity index (χ1n) is 6.30. The lowest BCUT2D eigenvalue weighted by atomic mass is 9.98. The molecule has 0 aromatic heterocycles. The Morgan fingerprint density at radius 3 is 3.00 bits per heavy atom. The van der Waals surface area contributed by atoms with Gasteiger partial charge in [0.1, 0.15) is 5.75 Å². The molecule has 4 heteroatoms. The monoisotopic (exact) mass is 267 g/mol. The first-order chi connectivity index (χ1) is 8.60. The van der Waals surface area contributed by atoms with Crippen LogP contribution in [0.4, 0.5) is 5.69 Å². The Balaban J connectivity index is 2.15. The molecule has 1 heterocycles. The lowest BCUT2D eigenvalue weighted by Crippen LogP contribution is -2.25. The highest BCUT2D eigenvalue weighted by atomic mass is 35.5. The van der Waals surface area contributed by atoms with Gasteiger partial charge in [-0.2, -0.15) is 0 Å². The molecule has 0 spiro atoms. The molecule has 1 aliphatic heterocycles. The third-order valence-electron chi connectivity index (χ3n) is 3.30. The van der Waals surface area contributed by atoms with E-state index in [1.165, 1.54) is 0 Å². The quantitative estimate of drug-likeness (QED) is 0.844. The number of carbonyl (C=O) groups is 1. The van der Waals surface area contributed by atoms with Gasteiger partial charge in [-0.05, 0) is 30.0 Å². The molecule has 2 atom stereocenters. The largest absolute Gasteiger partial charge is 0.482 e. The highest BCUT2D eigenvalue weighted by molar-refractivity contribution is 6.20. The maximum atomic E-state index is 11.3. The van der Waals surface area contributed by atoms with E-state index < -0.39 is 0 Å². The number of carbonyl (C=O) groups excluding carboxylic acids is 1. The van der Waals surface area contributed by atoms with Crippen molar-refractivity contribution < 1.29 is 9.53 Å². The lowest BCUT2D eigenvalue weighted by Gasteiger charge is -2.20. The zero-order chi connectivity index (χ0) is 13.1. The average molecular weight is 268 g/mol. The van der Waals surface area contributed by atoms with Crippen LogP contribution in [-0.2, 0) is 4.79 Å². The van der Waals surface area contributed by atoms with E-state index in [1.54, 1.807) is 0 Å². The minimum absolute atomic E-state index is 0.0240. The molecule has 0 saturated heterocycles. The summed E-state index contributed by atoms with van der Waals surface area (Å²) >= 11 is 6.41. The van der Waals surface area contributed by atoms with Gasteiger partial charge in [0.15, 0.2) is 6.61 Å². The van der Waals surface area contributed by atoms with Gasteiger partial charge in [0.2, 0.25) is 0 Å². The molecule has 0 saturated carbocycles. The molecule has 1 aliphatic rings. The zero-order valence-electron chi connectivity index (χ0n) is 10.7. The summed E-state index contributed by atoms with van der Waals surface area (Å²) in [6, 6.07) is 5.75. The van der Waals surface area contributed by atoms with Crippen molar-refractivity contribution in [1.29, 1.82) is 0 Å². The van der Waals surface area contributed by atoms with Crippen LogP contribution in [0.1, 0.15) is 37.6 Å².